The zero-order valence-corrected chi connectivity index (χ0v) is 11.7. The lowest BCUT2D eigenvalue weighted by Crippen LogP contribution is -2.34. The molecule has 0 saturated heterocycles. The van der Waals surface area contributed by atoms with Crippen molar-refractivity contribution in [3.63, 3.8) is 0 Å². The number of carbonyl (C=O) groups excluding carboxylic acids is 1. The van der Waals surface area contributed by atoms with Crippen molar-refractivity contribution in [2.45, 2.75) is 32.2 Å². The number of benzene rings is 1. The summed E-state index contributed by atoms with van der Waals surface area (Å²) < 4.78 is 1.10. The first-order chi connectivity index (χ1) is 9.13. The Kier molecular flexibility index (Phi) is 3.24. The van der Waals surface area contributed by atoms with Crippen molar-refractivity contribution in [1.29, 1.82) is 0 Å². The maximum Gasteiger partial charge on any atom is 0.230 e. The summed E-state index contributed by atoms with van der Waals surface area (Å²) in [5.74, 6) is -0.0467. The van der Waals surface area contributed by atoms with Gasteiger partial charge < -0.3 is 11.1 Å². The molecule has 19 heavy (non-hydrogen) atoms. The summed E-state index contributed by atoms with van der Waals surface area (Å²) in [7, 11) is 0. The summed E-state index contributed by atoms with van der Waals surface area (Å²) in [6.07, 6.45) is 2.87. The van der Waals surface area contributed by atoms with E-state index in [0.29, 0.717) is 5.13 Å². The first-order valence-electron chi connectivity index (χ1n) is 6.57. The fraction of sp³-hybridized carbons (Fsp3) is 0.429. The van der Waals surface area contributed by atoms with Crippen LogP contribution in [0.5, 0.6) is 0 Å². The number of nitrogens with one attached hydrogen (secondary N) is 1. The van der Waals surface area contributed by atoms with Gasteiger partial charge in [-0.3, -0.25) is 4.79 Å². The summed E-state index contributed by atoms with van der Waals surface area (Å²) in [6, 6.07) is 6.10. The van der Waals surface area contributed by atoms with E-state index >= 15 is 0 Å². The number of hydrogen-bond donors (Lipinski definition) is 2. The van der Waals surface area contributed by atoms with Gasteiger partial charge in [-0.05, 0) is 37.5 Å². The van der Waals surface area contributed by atoms with E-state index in [-0.39, 0.29) is 17.9 Å². The molecule has 1 aliphatic carbocycles. The van der Waals surface area contributed by atoms with Crippen LogP contribution in [0.3, 0.4) is 0 Å². The lowest BCUT2D eigenvalue weighted by Gasteiger charge is -2.13. The Morgan fingerprint density at radius 3 is 3.05 bits per heavy atom. The van der Waals surface area contributed by atoms with Gasteiger partial charge in [-0.15, -0.1) is 0 Å². The molecule has 1 aliphatic rings. The molecule has 3 N–H and O–H groups in total. The Hall–Kier alpha value is -1.46. The largest absolute Gasteiger partial charge is 0.327 e. The van der Waals surface area contributed by atoms with E-state index in [1.807, 2.05) is 12.1 Å². The predicted octanol–water partition coefficient (Wildman–Crippen LogP) is 2.67. The molecule has 4 nitrogen and oxygen atoms in total. The summed E-state index contributed by atoms with van der Waals surface area (Å²) in [6.45, 7) is 2.05. The van der Waals surface area contributed by atoms with Crippen molar-refractivity contribution in [3.05, 3.63) is 23.8 Å². The maximum absolute atomic E-state index is 12.1. The second kappa shape index (κ2) is 4.90. The second-order valence-electron chi connectivity index (χ2n) is 5.18. The zero-order valence-electron chi connectivity index (χ0n) is 10.8. The number of fused-ring (bicyclic) bond motifs is 1. The van der Waals surface area contributed by atoms with E-state index in [1.54, 1.807) is 0 Å². The molecule has 0 aliphatic heterocycles. The average Bonchev–Trinajstić information content (AvgIpc) is 2.94. The minimum atomic E-state index is -0.0613. The van der Waals surface area contributed by atoms with E-state index in [2.05, 4.69) is 23.3 Å². The number of nitrogens with zero attached hydrogens (tertiary/aromatic N) is 1. The summed E-state index contributed by atoms with van der Waals surface area (Å²) in [5.41, 5.74) is 8.08. The van der Waals surface area contributed by atoms with Gasteiger partial charge in [-0.1, -0.05) is 23.8 Å². The van der Waals surface area contributed by atoms with Gasteiger partial charge in [0.1, 0.15) is 0 Å². The van der Waals surface area contributed by atoms with Crippen LogP contribution in [0, 0.1) is 12.8 Å². The zero-order chi connectivity index (χ0) is 13.4. The van der Waals surface area contributed by atoms with E-state index in [9.17, 15) is 4.79 Å². The molecule has 100 valence electrons. The minimum Gasteiger partial charge on any atom is -0.327 e. The number of nitrogens with two attached hydrogens (primary N) is 1. The number of carbonyl (C=O) groups is 1. The third-order valence-electron chi connectivity index (χ3n) is 3.68. The first-order valence-corrected chi connectivity index (χ1v) is 7.39. The Labute approximate surface area is 116 Å². The number of thiazole rings is 1. The topological polar surface area (TPSA) is 68.0 Å². The van der Waals surface area contributed by atoms with Gasteiger partial charge in [0.2, 0.25) is 5.91 Å². The van der Waals surface area contributed by atoms with E-state index in [0.717, 1.165) is 29.5 Å². The Morgan fingerprint density at radius 1 is 1.47 bits per heavy atom. The highest BCUT2D eigenvalue weighted by Crippen LogP contribution is 2.29. The highest BCUT2D eigenvalue weighted by Gasteiger charge is 2.30. The SMILES string of the molecule is Cc1ccc2nc(NC(=O)[C@@H]3CCC[C@H]3N)sc2c1. The molecule has 2 atom stereocenters. The van der Waals surface area contributed by atoms with E-state index < -0.39 is 0 Å². The molecule has 0 spiro atoms. The van der Waals surface area contributed by atoms with Crippen molar-refractivity contribution in [2.75, 3.05) is 5.32 Å². The van der Waals surface area contributed by atoms with Crippen LogP contribution in [-0.4, -0.2) is 16.9 Å². The van der Waals surface area contributed by atoms with Gasteiger partial charge in [0.05, 0.1) is 16.1 Å². The average molecular weight is 275 g/mol. The van der Waals surface area contributed by atoms with Gasteiger partial charge in [-0.25, -0.2) is 4.98 Å². The quantitative estimate of drug-likeness (QED) is 0.885. The Balaban J connectivity index is 1.79. The molecule has 0 radical (unpaired) electrons. The normalized spacial score (nSPS) is 22.8. The van der Waals surface area contributed by atoms with Crippen molar-refractivity contribution in [1.82, 2.24) is 4.98 Å². The highest BCUT2D eigenvalue weighted by atomic mass is 32.1. The van der Waals surface area contributed by atoms with E-state index in [1.165, 1.54) is 16.9 Å². The van der Waals surface area contributed by atoms with E-state index in [4.69, 9.17) is 5.73 Å². The molecule has 2 aromatic rings. The van der Waals surface area contributed by atoms with Crippen LogP contribution < -0.4 is 11.1 Å². The predicted molar refractivity (Wildman–Crippen MR) is 78.3 cm³/mol. The third-order valence-corrected chi connectivity index (χ3v) is 4.61. The molecule has 0 unspecified atom stereocenters. The molecule has 5 heteroatoms. The van der Waals surface area contributed by atoms with Gasteiger partial charge in [0.25, 0.3) is 0 Å². The summed E-state index contributed by atoms with van der Waals surface area (Å²) >= 11 is 1.52. The van der Waals surface area contributed by atoms with Crippen molar-refractivity contribution in [2.24, 2.45) is 11.7 Å². The fourth-order valence-corrected chi connectivity index (χ4v) is 3.56. The number of rotatable bonds is 2. The molecule has 3 rings (SSSR count). The number of anilines is 1. The van der Waals surface area contributed by atoms with Crippen LogP contribution in [0.2, 0.25) is 0 Å². The monoisotopic (exact) mass is 275 g/mol. The maximum atomic E-state index is 12.1. The molecule has 1 fully saturated rings. The number of hydrogen-bond acceptors (Lipinski definition) is 4. The standard InChI is InChI=1S/C14H17N3OS/c1-8-5-6-11-12(7-8)19-14(16-11)17-13(18)9-3-2-4-10(9)15/h5-7,9-10H,2-4,15H2,1H3,(H,16,17,18)/t9-,10-/m1/s1. The molecular weight excluding hydrogens is 258 g/mol. The molecule has 1 amide bonds. The molecule has 1 heterocycles. The van der Waals surface area contributed by atoms with Crippen molar-refractivity contribution < 1.29 is 4.79 Å². The van der Waals surface area contributed by atoms with Gasteiger partial charge >= 0.3 is 0 Å². The molecule has 1 saturated carbocycles. The van der Waals surface area contributed by atoms with Crippen molar-refractivity contribution >= 4 is 32.6 Å². The molecule has 0 bridgehead atoms. The lowest BCUT2D eigenvalue weighted by molar-refractivity contribution is -0.120. The van der Waals surface area contributed by atoms with Crippen molar-refractivity contribution in [3.8, 4) is 0 Å². The van der Waals surface area contributed by atoms with Crippen LogP contribution in [0.15, 0.2) is 18.2 Å². The van der Waals surface area contributed by atoms with Crippen LogP contribution in [0.25, 0.3) is 10.2 Å². The number of aromatic nitrogens is 1. The highest BCUT2D eigenvalue weighted by molar-refractivity contribution is 7.22. The molecular formula is C14H17N3OS. The minimum absolute atomic E-state index is 0.00313. The van der Waals surface area contributed by atoms with Gasteiger partial charge in [0, 0.05) is 6.04 Å². The summed E-state index contributed by atoms with van der Waals surface area (Å²) in [4.78, 5) is 16.6. The molecule has 1 aromatic heterocycles. The summed E-state index contributed by atoms with van der Waals surface area (Å²) in [5, 5.41) is 3.58. The fourth-order valence-electron chi connectivity index (χ4n) is 2.60. The smallest absolute Gasteiger partial charge is 0.230 e. The first kappa shape index (κ1) is 12.6. The van der Waals surface area contributed by atoms with Crippen LogP contribution >= 0.6 is 11.3 Å². The second-order valence-corrected chi connectivity index (χ2v) is 6.21. The van der Waals surface area contributed by atoms with Crippen LogP contribution in [-0.2, 0) is 4.79 Å². The Morgan fingerprint density at radius 2 is 2.32 bits per heavy atom. The lowest BCUT2D eigenvalue weighted by atomic mass is 10.0. The number of aryl methyl sites for hydroxylation is 1. The third kappa shape index (κ3) is 2.48. The molecule has 1 aromatic carbocycles. The van der Waals surface area contributed by atoms with Crippen LogP contribution in [0.4, 0.5) is 5.13 Å². The van der Waals surface area contributed by atoms with Crippen LogP contribution in [0.1, 0.15) is 24.8 Å². The van der Waals surface area contributed by atoms with Gasteiger partial charge in [0.15, 0.2) is 5.13 Å². The number of amides is 1. The van der Waals surface area contributed by atoms with Gasteiger partial charge in [-0.2, -0.15) is 0 Å². The Bertz CT molecular complexity index is 622.